The second-order valence-corrected chi connectivity index (χ2v) is 6.79. The molecule has 0 spiro atoms. The topological polar surface area (TPSA) is 79.2 Å². The van der Waals surface area contributed by atoms with Crippen molar-refractivity contribution in [1.82, 2.24) is 0 Å². The number of phenols is 2. The van der Waals surface area contributed by atoms with Gasteiger partial charge < -0.3 is 24.8 Å². The highest BCUT2D eigenvalue weighted by Gasteiger charge is 2.22. The number of aryl methyl sites for hydroxylation is 2. The monoisotopic (exact) mass is 358 g/mol. The minimum Gasteiger partial charge on any atom is -0.507 e. The Balaban J connectivity index is 2.20. The first-order valence-corrected chi connectivity index (χ1v) is 9.02. The third-order valence-electron chi connectivity index (χ3n) is 5.05. The molecule has 3 rings (SSSR count). The molecule has 140 valence electrons. The first kappa shape index (κ1) is 18.4. The van der Waals surface area contributed by atoms with Gasteiger partial charge in [0.15, 0.2) is 11.5 Å². The summed E-state index contributed by atoms with van der Waals surface area (Å²) in [5.74, 6) is 0.840. The zero-order valence-electron chi connectivity index (χ0n) is 15.3. The molecule has 0 aliphatic heterocycles. The fourth-order valence-electron chi connectivity index (χ4n) is 3.62. The van der Waals surface area contributed by atoms with E-state index in [2.05, 4.69) is 0 Å². The summed E-state index contributed by atoms with van der Waals surface area (Å²) in [7, 11) is 3.04. The normalized spacial score (nSPS) is 17.6. The molecule has 1 aliphatic carbocycles. The third kappa shape index (κ3) is 3.58. The van der Waals surface area contributed by atoms with Crippen LogP contribution in [0.4, 0.5) is 0 Å². The highest BCUT2D eigenvalue weighted by molar-refractivity contribution is 5.81. The van der Waals surface area contributed by atoms with Gasteiger partial charge in [0, 0.05) is 11.1 Å². The van der Waals surface area contributed by atoms with Gasteiger partial charge in [0.25, 0.3) is 0 Å². The van der Waals surface area contributed by atoms with E-state index in [0.29, 0.717) is 23.3 Å². The molecule has 0 heterocycles. The van der Waals surface area contributed by atoms with Gasteiger partial charge in [-0.1, -0.05) is 12.5 Å². The van der Waals surface area contributed by atoms with Gasteiger partial charge in [-0.3, -0.25) is 0 Å². The van der Waals surface area contributed by atoms with Gasteiger partial charge >= 0.3 is 0 Å². The van der Waals surface area contributed by atoms with Crippen LogP contribution in [0.25, 0.3) is 11.1 Å². The van der Waals surface area contributed by atoms with Crippen LogP contribution in [0.1, 0.15) is 36.8 Å². The van der Waals surface area contributed by atoms with Gasteiger partial charge in [-0.2, -0.15) is 0 Å². The minimum absolute atomic E-state index is 0.0459. The number of rotatable bonds is 2. The Morgan fingerprint density at radius 1 is 0.885 bits per heavy atom. The number of aromatic hydroxyl groups is 2. The van der Waals surface area contributed by atoms with Crippen LogP contribution in [0.15, 0.2) is 24.3 Å². The van der Waals surface area contributed by atoms with E-state index in [1.165, 1.54) is 7.11 Å². The molecule has 0 aromatic heterocycles. The Hall–Kier alpha value is -2.40. The summed E-state index contributed by atoms with van der Waals surface area (Å²) in [6, 6.07) is 7.21. The Bertz CT molecular complexity index is 784. The Morgan fingerprint density at radius 3 is 2.38 bits per heavy atom. The molecule has 3 N–H and O–H groups in total. The number of hydrogen-bond acceptors (Lipinski definition) is 5. The fraction of sp³-hybridized carbons (Fsp3) is 0.429. The maximum Gasteiger partial charge on any atom is 0.203 e. The summed E-state index contributed by atoms with van der Waals surface area (Å²) in [6.07, 6.45) is 4.36. The molecule has 26 heavy (non-hydrogen) atoms. The molecule has 2 aromatic carbocycles. The SMILES string of the molecule is COc1c2cc(c(O)c1OC)-c1cc(ccc1O)CC[C@H](O)CCCC2. The second kappa shape index (κ2) is 7.87. The molecule has 1 atom stereocenters. The molecule has 5 nitrogen and oxygen atoms in total. The summed E-state index contributed by atoms with van der Waals surface area (Å²) >= 11 is 0. The number of benzene rings is 2. The molecule has 0 amide bonds. The zero-order chi connectivity index (χ0) is 18.7. The summed E-state index contributed by atoms with van der Waals surface area (Å²) in [6.45, 7) is 0. The average molecular weight is 358 g/mol. The molecule has 0 saturated heterocycles. The molecule has 0 saturated carbocycles. The maximum absolute atomic E-state index is 10.7. The van der Waals surface area contributed by atoms with E-state index in [4.69, 9.17) is 9.47 Å². The van der Waals surface area contributed by atoms with Crippen molar-refractivity contribution in [1.29, 1.82) is 0 Å². The number of aliphatic hydroxyl groups is 1. The van der Waals surface area contributed by atoms with Crippen molar-refractivity contribution in [3.63, 3.8) is 0 Å². The van der Waals surface area contributed by atoms with Crippen molar-refractivity contribution in [2.45, 2.75) is 44.6 Å². The van der Waals surface area contributed by atoms with E-state index in [9.17, 15) is 15.3 Å². The Morgan fingerprint density at radius 2 is 1.65 bits per heavy atom. The predicted molar refractivity (Wildman–Crippen MR) is 100 cm³/mol. The Kier molecular flexibility index (Phi) is 5.57. The lowest BCUT2D eigenvalue weighted by atomic mass is 9.95. The quantitative estimate of drug-likeness (QED) is 0.761. The van der Waals surface area contributed by atoms with Crippen molar-refractivity contribution in [2.75, 3.05) is 14.2 Å². The van der Waals surface area contributed by atoms with Crippen molar-refractivity contribution < 1.29 is 24.8 Å². The molecule has 4 bridgehead atoms. The van der Waals surface area contributed by atoms with E-state index >= 15 is 0 Å². The van der Waals surface area contributed by atoms with Crippen molar-refractivity contribution in [3.05, 3.63) is 35.4 Å². The van der Waals surface area contributed by atoms with Crippen LogP contribution in [-0.4, -0.2) is 35.6 Å². The standard InChI is InChI=1S/C21H26O5/c1-25-20-14-5-3-4-6-15(22)9-7-13-8-10-18(23)16(11-13)17(12-14)19(24)21(20)26-2/h8,10-12,15,22-24H,3-7,9H2,1-2H3/t15-/m1/s1. The van der Waals surface area contributed by atoms with Gasteiger partial charge in [0.05, 0.1) is 20.3 Å². The highest BCUT2D eigenvalue weighted by Crippen LogP contribution is 2.48. The first-order valence-electron chi connectivity index (χ1n) is 9.02. The zero-order valence-corrected chi connectivity index (χ0v) is 15.3. The minimum atomic E-state index is -0.332. The molecule has 1 aliphatic rings. The largest absolute Gasteiger partial charge is 0.507 e. The van der Waals surface area contributed by atoms with Crippen molar-refractivity contribution in [3.8, 4) is 34.1 Å². The summed E-state index contributed by atoms with van der Waals surface area (Å²) in [5.41, 5.74) is 3.00. The van der Waals surface area contributed by atoms with E-state index in [0.717, 1.165) is 43.2 Å². The first-order chi connectivity index (χ1) is 12.5. The number of ether oxygens (including phenoxy) is 2. The van der Waals surface area contributed by atoms with Crippen LogP contribution < -0.4 is 9.47 Å². The number of phenolic OH excluding ortho intramolecular Hbond substituents is 2. The van der Waals surface area contributed by atoms with E-state index in [1.54, 1.807) is 13.2 Å². The van der Waals surface area contributed by atoms with E-state index in [1.807, 2.05) is 18.2 Å². The lowest BCUT2D eigenvalue weighted by molar-refractivity contribution is 0.151. The summed E-state index contributed by atoms with van der Waals surface area (Å²) in [4.78, 5) is 0. The molecular weight excluding hydrogens is 332 g/mol. The molecule has 5 heteroatoms. The van der Waals surface area contributed by atoms with Gasteiger partial charge in [0.2, 0.25) is 5.75 Å². The highest BCUT2D eigenvalue weighted by atomic mass is 16.5. The number of aliphatic hydroxyl groups excluding tert-OH is 1. The van der Waals surface area contributed by atoms with Crippen LogP contribution in [0.3, 0.4) is 0 Å². The van der Waals surface area contributed by atoms with Crippen LogP contribution in [-0.2, 0) is 12.8 Å². The van der Waals surface area contributed by atoms with Crippen molar-refractivity contribution >= 4 is 0 Å². The fourth-order valence-corrected chi connectivity index (χ4v) is 3.62. The van der Waals surface area contributed by atoms with Crippen molar-refractivity contribution in [2.24, 2.45) is 0 Å². The van der Waals surface area contributed by atoms with E-state index in [-0.39, 0.29) is 23.4 Å². The van der Waals surface area contributed by atoms with Crippen LogP contribution in [0.2, 0.25) is 0 Å². The lowest BCUT2D eigenvalue weighted by Crippen LogP contribution is -2.08. The number of fused-ring (bicyclic) bond motifs is 5. The predicted octanol–water partition coefficient (Wildman–Crippen LogP) is 3.80. The molecule has 0 unspecified atom stereocenters. The summed E-state index contributed by atoms with van der Waals surface area (Å²) in [5, 5.41) is 31.3. The molecule has 0 fully saturated rings. The third-order valence-corrected chi connectivity index (χ3v) is 5.05. The maximum atomic E-state index is 10.7. The van der Waals surface area contributed by atoms with Crippen LogP contribution in [0.5, 0.6) is 23.0 Å². The summed E-state index contributed by atoms with van der Waals surface area (Å²) < 4.78 is 10.9. The number of methoxy groups -OCH3 is 2. The van der Waals surface area contributed by atoms with Gasteiger partial charge in [-0.05, 0) is 61.4 Å². The average Bonchev–Trinajstić information content (AvgIpc) is 2.65. The second-order valence-electron chi connectivity index (χ2n) is 6.79. The molecule has 0 radical (unpaired) electrons. The van der Waals surface area contributed by atoms with E-state index < -0.39 is 0 Å². The molecule has 2 aromatic rings. The number of hydrogen-bond donors (Lipinski definition) is 3. The smallest absolute Gasteiger partial charge is 0.203 e. The van der Waals surface area contributed by atoms with Crippen LogP contribution in [0, 0.1) is 0 Å². The van der Waals surface area contributed by atoms with Gasteiger partial charge in [-0.15, -0.1) is 0 Å². The molecular formula is C21H26O5. The lowest BCUT2D eigenvalue weighted by Gasteiger charge is -2.18. The Labute approximate surface area is 153 Å². The van der Waals surface area contributed by atoms with Gasteiger partial charge in [-0.25, -0.2) is 0 Å². The van der Waals surface area contributed by atoms with Gasteiger partial charge in [0.1, 0.15) is 5.75 Å². The van der Waals surface area contributed by atoms with Crippen LogP contribution >= 0.6 is 0 Å².